The quantitative estimate of drug-likeness (QED) is 0.483. The van der Waals surface area contributed by atoms with E-state index in [2.05, 4.69) is 0 Å². The largest absolute Gasteiger partial charge is 0.462 e. The maximum absolute atomic E-state index is 13.1. The van der Waals surface area contributed by atoms with Crippen LogP contribution in [-0.2, 0) is 4.74 Å². The standard InChI is InChI=1S/C12H13FN2O2/c13-10-8-9(4-5-11(10)15)12(16)17-7-3-1-2-6-14/h4-5,8H,1-3,7,15H2. The van der Waals surface area contributed by atoms with Gasteiger partial charge in [-0.15, -0.1) is 0 Å². The number of hydrogen-bond donors (Lipinski definition) is 1. The second-order valence-electron chi connectivity index (χ2n) is 3.49. The number of unbranched alkanes of at least 4 members (excludes halogenated alkanes) is 2. The third-order valence-electron chi connectivity index (χ3n) is 2.15. The average Bonchev–Trinajstić information content (AvgIpc) is 2.32. The summed E-state index contributed by atoms with van der Waals surface area (Å²) in [7, 11) is 0. The summed E-state index contributed by atoms with van der Waals surface area (Å²) in [5, 5.41) is 8.30. The Morgan fingerprint density at radius 3 is 2.88 bits per heavy atom. The third-order valence-corrected chi connectivity index (χ3v) is 2.15. The third kappa shape index (κ3) is 4.11. The summed E-state index contributed by atoms with van der Waals surface area (Å²) in [5.74, 6) is -1.22. The van der Waals surface area contributed by atoms with Gasteiger partial charge in [0.15, 0.2) is 0 Å². The van der Waals surface area contributed by atoms with Crippen LogP contribution in [0.2, 0.25) is 0 Å². The van der Waals surface area contributed by atoms with Crippen molar-refractivity contribution in [2.75, 3.05) is 12.3 Å². The van der Waals surface area contributed by atoms with Crippen molar-refractivity contribution in [3.05, 3.63) is 29.6 Å². The molecule has 5 heteroatoms. The van der Waals surface area contributed by atoms with Gasteiger partial charge in [0.1, 0.15) is 5.82 Å². The first-order valence-electron chi connectivity index (χ1n) is 5.24. The van der Waals surface area contributed by atoms with Crippen LogP contribution in [0.15, 0.2) is 18.2 Å². The lowest BCUT2D eigenvalue weighted by Crippen LogP contribution is -2.07. The fraction of sp³-hybridized carbons (Fsp3) is 0.333. The molecule has 0 saturated carbocycles. The number of ether oxygens (including phenoxy) is 1. The number of carbonyl (C=O) groups excluding carboxylic acids is 1. The lowest BCUT2D eigenvalue weighted by atomic mass is 10.2. The van der Waals surface area contributed by atoms with E-state index in [-0.39, 0.29) is 17.9 Å². The van der Waals surface area contributed by atoms with E-state index in [9.17, 15) is 9.18 Å². The number of nitrogen functional groups attached to an aromatic ring is 1. The molecular formula is C12H13FN2O2. The number of nitriles is 1. The van der Waals surface area contributed by atoms with Gasteiger partial charge >= 0.3 is 5.97 Å². The van der Waals surface area contributed by atoms with E-state index < -0.39 is 11.8 Å². The van der Waals surface area contributed by atoms with Crippen molar-refractivity contribution in [3.63, 3.8) is 0 Å². The summed E-state index contributed by atoms with van der Waals surface area (Å²) >= 11 is 0. The van der Waals surface area contributed by atoms with Gasteiger partial charge in [0, 0.05) is 6.42 Å². The van der Waals surface area contributed by atoms with Gasteiger partial charge in [-0.1, -0.05) is 0 Å². The molecule has 0 bridgehead atoms. The van der Waals surface area contributed by atoms with Crippen molar-refractivity contribution in [2.45, 2.75) is 19.3 Å². The monoisotopic (exact) mass is 236 g/mol. The Morgan fingerprint density at radius 1 is 1.47 bits per heavy atom. The molecule has 4 nitrogen and oxygen atoms in total. The zero-order valence-electron chi connectivity index (χ0n) is 9.28. The fourth-order valence-corrected chi connectivity index (χ4v) is 1.21. The Balaban J connectivity index is 2.42. The molecule has 1 rings (SSSR count). The van der Waals surface area contributed by atoms with Crippen molar-refractivity contribution < 1.29 is 13.9 Å². The second kappa shape index (κ2) is 6.48. The molecular weight excluding hydrogens is 223 g/mol. The van der Waals surface area contributed by atoms with Crippen molar-refractivity contribution in [1.29, 1.82) is 5.26 Å². The number of hydrogen-bond acceptors (Lipinski definition) is 4. The van der Waals surface area contributed by atoms with E-state index in [1.54, 1.807) is 0 Å². The maximum atomic E-state index is 13.1. The van der Waals surface area contributed by atoms with Gasteiger partial charge in [-0.05, 0) is 31.0 Å². The first-order valence-corrected chi connectivity index (χ1v) is 5.24. The van der Waals surface area contributed by atoms with Gasteiger partial charge in [-0.3, -0.25) is 0 Å². The van der Waals surface area contributed by atoms with Crippen LogP contribution < -0.4 is 5.73 Å². The summed E-state index contributed by atoms with van der Waals surface area (Å²) in [6.45, 7) is 0.229. The van der Waals surface area contributed by atoms with Gasteiger partial charge in [0.2, 0.25) is 0 Å². The zero-order chi connectivity index (χ0) is 12.7. The first-order chi connectivity index (χ1) is 8.15. The summed E-state index contributed by atoms with van der Waals surface area (Å²) in [6.07, 6.45) is 1.74. The SMILES string of the molecule is N#CCCCCOC(=O)c1ccc(N)c(F)c1. The Labute approximate surface area is 98.8 Å². The first kappa shape index (κ1) is 13.0. The molecule has 0 saturated heterocycles. The Hall–Kier alpha value is -2.09. The molecule has 0 atom stereocenters. The molecule has 2 N–H and O–H groups in total. The minimum absolute atomic E-state index is 0.00410. The molecule has 0 unspecified atom stereocenters. The van der Waals surface area contributed by atoms with E-state index in [1.165, 1.54) is 12.1 Å². The number of esters is 1. The molecule has 0 fully saturated rings. The van der Waals surface area contributed by atoms with E-state index >= 15 is 0 Å². The molecule has 0 aromatic heterocycles. The zero-order valence-corrected chi connectivity index (χ0v) is 9.28. The average molecular weight is 236 g/mol. The highest BCUT2D eigenvalue weighted by atomic mass is 19.1. The van der Waals surface area contributed by atoms with E-state index in [1.807, 2.05) is 6.07 Å². The van der Waals surface area contributed by atoms with Gasteiger partial charge in [-0.25, -0.2) is 9.18 Å². The van der Waals surface area contributed by atoms with Crippen molar-refractivity contribution >= 4 is 11.7 Å². The van der Waals surface area contributed by atoms with Gasteiger partial charge in [-0.2, -0.15) is 5.26 Å². The van der Waals surface area contributed by atoms with Gasteiger partial charge in [0.05, 0.1) is 23.9 Å². The lowest BCUT2D eigenvalue weighted by molar-refractivity contribution is 0.0498. The van der Waals surface area contributed by atoms with Crippen molar-refractivity contribution in [2.24, 2.45) is 0 Å². The fourth-order valence-electron chi connectivity index (χ4n) is 1.21. The van der Waals surface area contributed by atoms with Gasteiger partial charge in [0.25, 0.3) is 0 Å². The van der Waals surface area contributed by atoms with Crippen LogP contribution in [0.1, 0.15) is 29.6 Å². The Kier molecular flexibility index (Phi) is 4.95. The van der Waals surface area contributed by atoms with Crippen LogP contribution in [0.4, 0.5) is 10.1 Å². The van der Waals surface area contributed by atoms with Crippen LogP contribution in [0, 0.1) is 17.1 Å². The topological polar surface area (TPSA) is 76.1 Å². The summed E-state index contributed by atoms with van der Waals surface area (Å²) in [6, 6.07) is 5.78. The molecule has 0 aliphatic carbocycles. The van der Waals surface area contributed by atoms with Crippen molar-refractivity contribution in [3.8, 4) is 6.07 Å². The number of rotatable bonds is 5. The predicted molar refractivity (Wildman–Crippen MR) is 60.6 cm³/mol. The number of carbonyl (C=O) groups is 1. The molecule has 90 valence electrons. The maximum Gasteiger partial charge on any atom is 0.338 e. The molecule has 0 aliphatic rings. The smallest absolute Gasteiger partial charge is 0.338 e. The number of benzene rings is 1. The summed E-state index contributed by atoms with van der Waals surface area (Å²) in [5.41, 5.74) is 5.42. The van der Waals surface area contributed by atoms with Crippen LogP contribution in [0.25, 0.3) is 0 Å². The predicted octanol–water partition coefficient (Wildman–Crippen LogP) is 2.26. The number of anilines is 1. The molecule has 0 aliphatic heterocycles. The van der Waals surface area contributed by atoms with Crippen LogP contribution >= 0.6 is 0 Å². The summed E-state index contributed by atoms with van der Waals surface area (Å²) in [4.78, 5) is 11.4. The molecule has 1 aromatic carbocycles. The van der Waals surface area contributed by atoms with Crippen molar-refractivity contribution in [1.82, 2.24) is 0 Å². The second-order valence-corrected chi connectivity index (χ2v) is 3.49. The van der Waals surface area contributed by atoms with E-state index in [4.69, 9.17) is 15.7 Å². The van der Waals surface area contributed by atoms with Crippen LogP contribution in [0.3, 0.4) is 0 Å². The minimum Gasteiger partial charge on any atom is -0.462 e. The molecule has 0 spiro atoms. The highest BCUT2D eigenvalue weighted by Gasteiger charge is 2.09. The van der Waals surface area contributed by atoms with E-state index in [0.717, 1.165) is 6.07 Å². The normalized spacial score (nSPS) is 9.65. The molecule has 17 heavy (non-hydrogen) atoms. The summed E-state index contributed by atoms with van der Waals surface area (Å²) < 4.78 is 18.0. The molecule has 1 aromatic rings. The highest BCUT2D eigenvalue weighted by molar-refractivity contribution is 5.89. The van der Waals surface area contributed by atoms with E-state index in [0.29, 0.717) is 19.3 Å². The number of nitrogens with two attached hydrogens (primary N) is 1. The highest BCUT2D eigenvalue weighted by Crippen LogP contribution is 2.12. The molecule has 0 heterocycles. The van der Waals surface area contributed by atoms with Crippen LogP contribution in [0.5, 0.6) is 0 Å². The Morgan fingerprint density at radius 2 is 2.24 bits per heavy atom. The number of nitrogens with zero attached hydrogens (tertiary/aromatic N) is 1. The minimum atomic E-state index is -0.635. The molecule has 0 radical (unpaired) electrons. The number of halogens is 1. The molecule has 0 amide bonds. The van der Waals surface area contributed by atoms with Crippen LogP contribution in [-0.4, -0.2) is 12.6 Å². The van der Waals surface area contributed by atoms with Gasteiger partial charge < -0.3 is 10.5 Å². The lowest BCUT2D eigenvalue weighted by Gasteiger charge is -2.04. The Bertz CT molecular complexity index is 441.